The van der Waals surface area contributed by atoms with Crippen molar-refractivity contribution >= 4 is 5.69 Å². The zero-order valence-electron chi connectivity index (χ0n) is 11.2. The van der Waals surface area contributed by atoms with Crippen molar-refractivity contribution in [2.75, 3.05) is 11.9 Å². The molecule has 1 N–H and O–H groups in total. The highest BCUT2D eigenvalue weighted by molar-refractivity contribution is 5.56. The molecule has 3 nitrogen and oxygen atoms in total. The molecule has 1 aliphatic heterocycles. The van der Waals surface area contributed by atoms with Crippen LogP contribution >= 0.6 is 0 Å². The molecule has 2 rings (SSSR count). The Morgan fingerprint density at radius 1 is 1.17 bits per heavy atom. The summed E-state index contributed by atoms with van der Waals surface area (Å²) in [7, 11) is 0. The van der Waals surface area contributed by atoms with Crippen LogP contribution in [0.15, 0.2) is 43.1 Å². The summed E-state index contributed by atoms with van der Waals surface area (Å²) in [6.07, 6.45) is 7.26. The van der Waals surface area contributed by atoms with E-state index in [1.54, 1.807) is 12.5 Å². The second-order valence-electron chi connectivity index (χ2n) is 4.65. The number of hydrogen-bond donors (Lipinski definition) is 1. The van der Waals surface area contributed by atoms with Crippen LogP contribution in [-0.4, -0.2) is 17.5 Å². The van der Waals surface area contributed by atoms with Crippen molar-refractivity contribution in [3.05, 3.63) is 54.3 Å². The average molecular weight is 244 g/mol. The Labute approximate surface area is 109 Å². The maximum Gasteiger partial charge on any atom is 0.106 e. The standard InChI is InChI=1S/C15H20N2O/c1-12-5-4-6-13(2)15(12)16-11-14(3)17-7-9-18-10-8-17/h4-10,14,16H,11H2,1-3H3. The Hall–Kier alpha value is -1.90. The second-order valence-corrected chi connectivity index (χ2v) is 4.65. The molecule has 1 aromatic rings. The third kappa shape index (κ3) is 2.86. The molecule has 1 unspecified atom stereocenters. The van der Waals surface area contributed by atoms with E-state index in [0.717, 1.165) is 6.54 Å². The van der Waals surface area contributed by atoms with Crippen LogP contribution in [0.4, 0.5) is 5.69 Å². The van der Waals surface area contributed by atoms with Gasteiger partial charge in [0, 0.05) is 30.7 Å². The van der Waals surface area contributed by atoms with Gasteiger partial charge in [-0.05, 0) is 31.9 Å². The largest absolute Gasteiger partial charge is 0.470 e. The van der Waals surface area contributed by atoms with Gasteiger partial charge in [0.05, 0.1) is 0 Å². The third-order valence-electron chi connectivity index (χ3n) is 3.19. The number of hydrogen-bond acceptors (Lipinski definition) is 3. The van der Waals surface area contributed by atoms with Crippen molar-refractivity contribution in [2.45, 2.75) is 26.8 Å². The minimum absolute atomic E-state index is 0.375. The maximum absolute atomic E-state index is 5.03. The fourth-order valence-electron chi connectivity index (χ4n) is 2.05. The van der Waals surface area contributed by atoms with Crippen LogP contribution in [0.5, 0.6) is 0 Å². The molecule has 1 atom stereocenters. The van der Waals surface area contributed by atoms with Crippen LogP contribution in [0.1, 0.15) is 18.1 Å². The fraction of sp³-hybridized carbons (Fsp3) is 0.333. The smallest absolute Gasteiger partial charge is 0.106 e. The molecule has 0 saturated carbocycles. The predicted molar refractivity (Wildman–Crippen MR) is 75.1 cm³/mol. The molecular formula is C15H20N2O. The van der Waals surface area contributed by atoms with Gasteiger partial charge in [-0.25, -0.2) is 0 Å². The predicted octanol–water partition coefficient (Wildman–Crippen LogP) is 3.38. The lowest BCUT2D eigenvalue weighted by Gasteiger charge is -2.26. The second kappa shape index (κ2) is 5.63. The molecule has 0 fully saturated rings. The van der Waals surface area contributed by atoms with Crippen molar-refractivity contribution in [1.82, 2.24) is 4.90 Å². The quantitative estimate of drug-likeness (QED) is 0.878. The molecule has 0 aliphatic carbocycles. The summed E-state index contributed by atoms with van der Waals surface area (Å²) in [5, 5.41) is 3.53. The van der Waals surface area contributed by atoms with Gasteiger partial charge < -0.3 is 15.0 Å². The van der Waals surface area contributed by atoms with Crippen LogP contribution in [0.25, 0.3) is 0 Å². The summed E-state index contributed by atoms with van der Waals surface area (Å²) in [5.74, 6) is 0. The Morgan fingerprint density at radius 3 is 2.39 bits per heavy atom. The topological polar surface area (TPSA) is 24.5 Å². The van der Waals surface area contributed by atoms with E-state index in [1.165, 1.54) is 16.8 Å². The first-order valence-electron chi connectivity index (χ1n) is 6.25. The van der Waals surface area contributed by atoms with Gasteiger partial charge in [-0.1, -0.05) is 18.2 Å². The molecule has 1 aromatic carbocycles. The highest BCUT2D eigenvalue weighted by atomic mass is 16.5. The lowest BCUT2D eigenvalue weighted by Crippen LogP contribution is -2.31. The summed E-state index contributed by atoms with van der Waals surface area (Å²) in [5.41, 5.74) is 3.82. The molecule has 18 heavy (non-hydrogen) atoms. The number of para-hydroxylation sites is 1. The van der Waals surface area contributed by atoms with Gasteiger partial charge in [0.1, 0.15) is 12.5 Å². The number of anilines is 1. The normalized spacial score (nSPS) is 15.4. The van der Waals surface area contributed by atoms with Gasteiger partial charge in [-0.2, -0.15) is 0 Å². The van der Waals surface area contributed by atoms with E-state index < -0.39 is 0 Å². The van der Waals surface area contributed by atoms with E-state index >= 15 is 0 Å². The molecule has 96 valence electrons. The first-order chi connectivity index (χ1) is 8.68. The zero-order valence-corrected chi connectivity index (χ0v) is 11.2. The fourth-order valence-corrected chi connectivity index (χ4v) is 2.05. The number of rotatable bonds is 4. The molecule has 0 spiro atoms. The zero-order chi connectivity index (χ0) is 13.0. The highest BCUT2D eigenvalue weighted by Gasteiger charge is 2.10. The number of nitrogens with one attached hydrogen (secondary N) is 1. The minimum atomic E-state index is 0.375. The Balaban J connectivity index is 1.97. The summed E-state index contributed by atoms with van der Waals surface area (Å²) < 4.78 is 5.03. The number of nitrogens with zero attached hydrogens (tertiary/aromatic N) is 1. The summed E-state index contributed by atoms with van der Waals surface area (Å²) in [6, 6.07) is 6.73. The number of ether oxygens (including phenoxy) is 1. The van der Waals surface area contributed by atoms with Crippen molar-refractivity contribution in [3.8, 4) is 0 Å². The molecular weight excluding hydrogens is 224 g/mol. The van der Waals surface area contributed by atoms with Crippen molar-refractivity contribution in [1.29, 1.82) is 0 Å². The molecule has 0 radical (unpaired) electrons. The molecule has 1 aliphatic rings. The minimum Gasteiger partial charge on any atom is -0.470 e. The Morgan fingerprint density at radius 2 is 1.78 bits per heavy atom. The highest BCUT2D eigenvalue weighted by Crippen LogP contribution is 2.19. The maximum atomic E-state index is 5.03. The van der Waals surface area contributed by atoms with Gasteiger partial charge in [-0.3, -0.25) is 0 Å². The molecule has 1 heterocycles. The van der Waals surface area contributed by atoms with Crippen molar-refractivity contribution in [2.24, 2.45) is 0 Å². The van der Waals surface area contributed by atoms with Gasteiger partial charge in [0.25, 0.3) is 0 Å². The van der Waals surface area contributed by atoms with Crippen LogP contribution < -0.4 is 5.32 Å². The summed E-state index contributed by atoms with van der Waals surface area (Å²) in [6.45, 7) is 7.34. The summed E-state index contributed by atoms with van der Waals surface area (Å²) >= 11 is 0. The van der Waals surface area contributed by atoms with Crippen molar-refractivity contribution in [3.63, 3.8) is 0 Å². The van der Waals surface area contributed by atoms with Crippen molar-refractivity contribution < 1.29 is 4.74 Å². The van der Waals surface area contributed by atoms with Gasteiger partial charge in [-0.15, -0.1) is 0 Å². The van der Waals surface area contributed by atoms with Crippen LogP contribution in [0.2, 0.25) is 0 Å². The van der Waals surface area contributed by atoms with E-state index in [9.17, 15) is 0 Å². The van der Waals surface area contributed by atoms with E-state index in [0.29, 0.717) is 6.04 Å². The average Bonchev–Trinajstić information content (AvgIpc) is 2.39. The monoisotopic (exact) mass is 244 g/mol. The first kappa shape index (κ1) is 12.6. The van der Waals surface area contributed by atoms with E-state index in [4.69, 9.17) is 4.74 Å². The van der Waals surface area contributed by atoms with Gasteiger partial charge >= 0.3 is 0 Å². The molecule has 0 aromatic heterocycles. The number of aryl methyl sites for hydroxylation is 2. The molecule has 0 amide bonds. The van der Waals surface area contributed by atoms with E-state index in [2.05, 4.69) is 49.2 Å². The lowest BCUT2D eigenvalue weighted by molar-refractivity contribution is 0.315. The van der Waals surface area contributed by atoms with Crippen LogP contribution in [0.3, 0.4) is 0 Å². The molecule has 3 heteroatoms. The van der Waals surface area contributed by atoms with Gasteiger partial charge in [0.2, 0.25) is 0 Å². The summed E-state index contributed by atoms with van der Waals surface area (Å²) in [4.78, 5) is 2.13. The third-order valence-corrected chi connectivity index (χ3v) is 3.19. The Bertz CT molecular complexity index is 433. The number of benzene rings is 1. The van der Waals surface area contributed by atoms with E-state index in [-0.39, 0.29) is 0 Å². The van der Waals surface area contributed by atoms with Crippen LogP contribution in [-0.2, 0) is 4.74 Å². The first-order valence-corrected chi connectivity index (χ1v) is 6.25. The lowest BCUT2D eigenvalue weighted by atomic mass is 10.1. The molecule has 0 saturated heterocycles. The Kier molecular flexibility index (Phi) is 3.92. The SMILES string of the molecule is Cc1cccc(C)c1NCC(C)N1C=COC=C1. The van der Waals surface area contributed by atoms with Gasteiger partial charge in [0.15, 0.2) is 0 Å². The van der Waals surface area contributed by atoms with Crippen LogP contribution in [0, 0.1) is 13.8 Å². The van der Waals surface area contributed by atoms with E-state index in [1.807, 2.05) is 12.4 Å². The molecule has 0 bridgehead atoms.